The summed E-state index contributed by atoms with van der Waals surface area (Å²) >= 11 is 0. The summed E-state index contributed by atoms with van der Waals surface area (Å²) in [5.41, 5.74) is 7.96. The van der Waals surface area contributed by atoms with Crippen molar-refractivity contribution in [2.45, 2.75) is 46.6 Å². The van der Waals surface area contributed by atoms with Crippen LogP contribution in [-0.4, -0.2) is 37.1 Å². The van der Waals surface area contributed by atoms with Gasteiger partial charge in [0.15, 0.2) is 0 Å². The van der Waals surface area contributed by atoms with Crippen LogP contribution in [0.4, 0.5) is 0 Å². The van der Waals surface area contributed by atoms with Gasteiger partial charge in [-0.25, -0.2) is 4.67 Å². The lowest BCUT2D eigenvalue weighted by molar-refractivity contribution is 0.0609. The van der Waals surface area contributed by atoms with E-state index in [4.69, 9.17) is 13.8 Å². The summed E-state index contributed by atoms with van der Waals surface area (Å²) in [6.45, 7) is 11.9. The number of morpholine rings is 1. The van der Waals surface area contributed by atoms with E-state index < -0.39 is 8.53 Å². The van der Waals surface area contributed by atoms with Gasteiger partial charge in [-0.1, -0.05) is 29.4 Å². The maximum atomic E-state index is 6.63. The van der Waals surface area contributed by atoms with Gasteiger partial charge in [-0.2, -0.15) is 0 Å². The Morgan fingerprint density at radius 3 is 2.54 bits per heavy atom. The third-order valence-electron chi connectivity index (χ3n) is 5.38. The van der Waals surface area contributed by atoms with E-state index in [1.165, 1.54) is 33.4 Å². The Hall–Kier alpha value is -1.19. The molecule has 0 amide bonds. The first-order valence-corrected chi connectivity index (χ1v) is 10.6. The zero-order chi connectivity index (χ0) is 18.3. The Morgan fingerprint density at radius 2 is 1.77 bits per heavy atom. The molecule has 2 aliphatic heterocycles. The minimum absolute atomic E-state index is 0.0161. The Kier molecular flexibility index (Phi) is 5.20. The van der Waals surface area contributed by atoms with E-state index in [1.807, 2.05) is 0 Å². The molecule has 1 fully saturated rings. The van der Waals surface area contributed by atoms with Crippen molar-refractivity contribution >= 4 is 8.53 Å². The second kappa shape index (κ2) is 7.44. The van der Waals surface area contributed by atoms with Gasteiger partial charge < -0.3 is 9.26 Å². The number of nitrogens with zero attached hydrogens (tertiary/aromatic N) is 1. The highest BCUT2D eigenvalue weighted by molar-refractivity contribution is 7.44. The van der Waals surface area contributed by atoms with Gasteiger partial charge in [-0.3, -0.25) is 4.52 Å². The Morgan fingerprint density at radius 1 is 1.00 bits per heavy atom. The van der Waals surface area contributed by atoms with E-state index in [1.54, 1.807) is 0 Å². The maximum absolute atomic E-state index is 6.63. The fourth-order valence-electron chi connectivity index (χ4n) is 4.02. The molecule has 0 aromatic heterocycles. The van der Waals surface area contributed by atoms with Crippen LogP contribution in [0.25, 0.3) is 0 Å². The fraction of sp³-hybridized carbons (Fsp3) is 0.524. The normalized spacial score (nSPS) is 33.2. The molecule has 0 spiro atoms. The molecule has 2 heterocycles. The van der Waals surface area contributed by atoms with Crippen molar-refractivity contribution in [2.75, 3.05) is 26.3 Å². The molecule has 4 aliphatic rings. The second-order valence-corrected chi connectivity index (χ2v) is 8.99. The average Bonchev–Trinajstić information content (AvgIpc) is 2.62. The van der Waals surface area contributed by atoms with Gasteiger partial charge in [0.2, 0.25) is 0 Å². The molecule has 26 heavy (non-hydrogen) atoms. The lowest BCUT2D eigenvalue weighted by atomic mass is 9.82. The highest BCUT2D eigenvalue weighted by atomic mass is 31.2. The van der Waals surface area contributed by atoms with Gasteiger partial charge in [-0.05, 0) is 57.3 Å². The summed E-state index contributed by atoms with van der Waals surface area (Å²) in [6, 6.07) is 0. The van der Waals surface area contributed by atoms with Gasteiger partial charge in [0.1, 0.15) is 11.9 Å². The van der Waals surface area contributed by atoms with Crippen molar-refractivity contribution in [3.63, 3.8) is 0 Å². The predicted octanol–water partition coefficient (Wildman–Crippen LogP) is 5.18. The quantitative estimate of drug-likeness (QED) is 0.593. The molecular weight excluding hydrogens is 345 g/mol. The van der Waals surface area contributed by atoms with Gasteiger partial charge in [0.05, 0.1) is 13.2 Å². The zero-order valence-corrected chi connectivity index (χ0v) is 17.1. The number of rotatable bonds is 1. The molecule has 1 saturated heterocycles. The minimum Gasteiger partial charge on any atom is -0.440 e. The van der Waals surface area contributed by atoms with Gasteiger partial charge >= 0.3 is 8.53 Å². The zero-order valence-electron chi connectivity index (χ0n) is 16.2. The van der Waals surface area contributed by atoms with E-state index in [0.29, 0.717) is 0 Å². The Balaban J connectivity index is 1.80. The molecule has 0 N–H and O–H groups in total. The number of hydrogen-bond donors (Lipinski definition) is 0. The van der Waals surface area contributed by atoms with Crippen LogP contribution in [0.5, 0.6) is 0 Å². The van der Waals surface area contributed by atoms with E-state index in [2.05, 4.69) is 50.6 Å². The average molecular weight is 373 g/mol. The molecule has 2 atom stereocenters. The van der Waals surface area contributed by atoms with Crippen LogP contribution in [0.3, 0.4) is 0 Å². The third kappa shape index (κ3) is 3.48. The van der Waals surface area contributed by atoms with E-state index in [9.17, 15) is 0 Å². The van der Waals surface area contributed by atoms with Crippen LogP contribution >= 0.6 is 8.53 Å². The molecule has 0 radical (unpaired) electrons. The number of fused-ring (bicyclic) bond motifs is 2. The van der Waals surface area contributed by atoms with Gasteiger partial charge in [0, 0.05) is 18.7 Å². The summed E-state index contributed by atoms with van der Waals surface area (Å²) in [4.78, 5) is 0. The standard InChI is InChI=1S/C21H28NO3P/c1-14-5-6-18-19(12-14)17(4)24-26(22-7-9-23-10-8-22)25-21-16(3)11-15(2)13-20(18)21/h11-13,21H,5-10H2,1-4H3/b19-17?,20-18-. The molecule has 2 unspecified atom stereocenters. The minimum atomic E-state index is -1.14. The van der Waals surface area contributed by atoms with Crippen molar-refractivity contribution in [1.29, 1.82) is 0 Å². The number of hydrogen-bond acceptors (Lipinski definition) is 4. The van der Waals surface area contributed by atoms with Crippen LogP contribution in [0.2, 0.25) is 0 Å². The van der Waals surface area contributed by atoms with Crippen molar-refractivity contribution in [2.24, 2.45) is 0 Å². The van der Waals surface area contributed by atoms with Crippen LogP contribution in [0.1, 0.15) is 40.5 Å². The van der Waals surface area contributed by atoms with Crippen molar-refractivity contribution in [3.8, 4) is 0 Å². The first-order chi connectivity index (χ1) is 12.5. The van der Waals surface area contributed by atoms with Gasteiger partial charge in [0.25, 0.3) is 0 Å². The number of ether oxygens (including phenoxy) is 1. The van der Waals surface area contributed by atoms with E-state index in [0.717, 1.165) is 44.9 Å². The van der Waals surface area contributed by atoms with Crippen molar-refractivity contribution < 1.29 is 13.8 Å². The molecule has 4 nitrogen and oxygen atoms in total. The first-order valence-electron chi connectivity index (χ1n) is 9.48. The van der Waals surface area contributed by atoms with E-state index >= 15 is 0 Å². The SMILES string of the molecule is CC1=C/C2=C3\CCC(C)=CC3=C(C)OP(N3CCOCC3)OC2C(C)=C1. The molecule has 140 valence electrons. The summed E-state index contributed by atoms with van der Waals surface area (Å²) in [7, 11) is -1.14. The van der Waals surface area contributed by atoms with Crippen LogP contribution in [0.15, 0.2) is 57.4 Å². The second-order valence-electron chi connectivity index (χ2n) is 7.55. The monoisotopic (exact) mass is 373 g/mol. The molecule has 0 aromatic carbocycles. The highest BCUT2D eigenvalue weighted by Crippen LogP contribution is 2.52. The van der Waals surface area contributed by atoms with Crippen LogP contribution in [0, 0.1) is 0 Å². The summed E-state index contributed by atoms with van der Waals surface area (Å²) in [5, 5.41) is 0. The topological polar surface area (TPSA) is 30.9 Å². The molecular formula is C21H28NO3P. The molecule has 0 bridgehead atoms. The van der Waals surface area contributed by atoms with E-state index in [-0.39, 0.29) is 6.10 Å². The maximum Gasteiger partial charge on any atom is 0.321 e. The Labute approximate surface area is 157 Å². The Bertz CT molecular complexity index is 753. The predicted molar refractivity (Wildman–Crippen MR) is 106 cm³/mol. The first kappa shape index (κ1) is 18.2. The molecule has 0 aromatic rings. The van der Waals surface area contributed by atoms with Gasteiger partial charge in [-0.15, -0.1) is 0 Å². The molecule has 0 saturated carbocycles. The lowest BCUT2D eigenvalue weighted by Crippen LogP contribution is -2.35. The lowest BCUT2D eigenvalue weighted by Gasteiger charge is -2.38. The molecule has 2 aliphatic carbocycles. The van der Waals surface area contributed by atoms with Crippen LogP contribution < -0.4 is 0 Å². The summed E-state index contributed by atoms with van der Waals surface area (Å²) in [5.74, 6) is 0.987. The largest absolute Gasteiger partial charge is 0.440 e. The van der Waals surface area contributed by atoms with Crippen molar-refractivity contribution in [1.82, 2.24) is 4.67 Å². The molecule has 4 rings (SSSR count). The van der Waals surface area contributed by atoms with Crippen molar-refractivity contribution in [3.05, 3.63) is 57.4 Å². The van der Waals surface area contributed by atoms with Crippen LogP contribution in [-0.2, 0) is 13.8 Å². The fourth-order valence-corrected chi connectivity index (χ4v) is 5.60. The third-order valence-corrected chi connectivity index (χ3v) is 7.06. The highest BCUT2D eigenvalue weighted by Gasteiger charge is 2.35. The molecule has 5 heteroatoms. The summed E-state index contributed by atoms with van der Waals surface area (Å²) < 4.78 is 20.9. The summed E-state index contributed by atoms with van der Waals surface area (Å²) in [6.07, 6.45) is 9.01. The smallest absolute Gasteiger partial charge is 0.321 e. The number of allylic oxidation sites excluding steroid dienone is 7.